The molecule has 1 atom stereocenters. The Bertz CT molecular complexity index is 828. The summed E-state index contributed by atoms with van der Waals surface area (Å²) >= 11 is 0. The molecule has 2 aromatic rings. The Morgan fingerprint density at radius 1 is 1.35 bits per heavy atom. The second-order valence-corrected chi connectivity index (χ2v) is 6.64. The molecule has 1 unspecified atom stereocenters. The van der Waals surface area contributed by atoms with Crippen molar-refractivity contribution in [1.29, 1.82) is 0 Å². The number of amides is 2. The summed E-state index contributed by atoms with van der Waals surface area (Å²) < 4.78 is 0. The second kappa shape index (κ2) is 7.99. The molecule has 3 rings (SSSR count). The molecule has 0 radical (unpaired) electrons. The Kier molecular flexibility index (Phi) is 5.50. The Morgan fingerprint density at radius 3 is 2.92 bits per heavy atom. The molecular weight excluding hydrogens is 334 g/mol. The number of hydrogen-bond acceptors (Lipinski definition) is 4. The van der Waals surface area contributed by atoms with Crippen LogP contribution in [-0.2, 0) is 11.2 Å². The monoisotopic (exact) mass is 357 g/mol. The summed E-state index contributed by atoms with van der Waals surface area (Å²) in [6, 6.07) is 3.18. The van der Waals surface area contributed by atoms with E-state index in [2.05, 4.69) is 20.5 Å². The normalized spacial score (nSPS) is 17.6. The molecule has 2 aromatic heterocycles. The molecule has 8 heteroatoms. The van der Waals surface area contributed by atoms with Crippen molar-refractivity contribution in [3.63, 3.8) is 0 Å². The highest BCUT2D eigenvalue weighted by Gasteiger charge is 2.23. The third-order valence-electron chi connectivity index (χ3n) is 4.57. The number of rotatable bonds is 4. The lowest BCUT2D eigenvalue weighted by atomic mass is 10.1. The number of nitrogens with one attached hydrogen (secondary N) is 3. The van der Waals surface area contributed by atoms with Crippen LogP contribution < -0.4 is 10.7 Å². The van der Waals surface area contributed by atoms with E-state index >= 15 is 0 Å². The summed E-state index contributed by atoms with van der Waals surface area (Å²) in [6.07, 6.45) is 6.24. The fraction of sp³-hybridized carbons (Fsp3) is 0.444. The highest BCUT2D eigenvalue weighted by Crippen LogP contribution is 2.13. The highest BCUT2D eigenvalue weighted by atomic mass is 16.2. The first-order chi connectivity index (χ1) is 12.5. The van der Waals surface area contributed by atoms with Gasteiger partial charge in [0.15, 0.2) is 5.69 Å². The predicted molar refractivity (Wildman–Crippen MR) is 95.8 cm³/mol. The van der Waals surface area contributed by atoms with Crippen molar-refractivity contribution in [1.82, 2.24) is 25.4 Å². The molecular formula is C18H23N5O3. The molecule has 1 aliphatic heterocycles. The summed E-state index contributed by atoms with van der Waals surface area (Å²) in [5, 5.41) is 9.36. The van der Waals surface area contributed by atoms with Crippen molar-refractivity contribution in [2.75, 3.05) is 13.1 Å². The topological polar surface area (TPSA) is 111 Å². The van der Waals surface area contributed by atoms with E-state index in [9.17, 15) is 14.4 Å². The van der Waals surface area contributed by atoms with Crippen LogP contribution in [0.3, 0.4) is 0 Å². The van der Waals surface area contributed by atoms with E-state index in [0.29, 0.717) is 31.6 Å². The summed E-state index contributed by atoms with van der Waals surface area (Å²) in [5.41, 5.74) is 1.06. The molecule has 0 spiro atoms. The van der Waals surface area contributed by atoms with E-state index in [-0.39, 0.29) is 17.6 Å². The smallest absolute Gasteiger partial charge is 0.276 e. The van der Waals surface area contributed by atoms with Gasteiger partial charge < -0.3 is 15.2 Å². The van der Waals surface area contributed by atoms with Crippen molar-refractivity contribution in [3.8, 4) is 0 Å². The fourth-order valence-corrected chi connectivity index (χ4v) is 3.16. The summed E-state index contributed by atoms with van der Waals surface area (Å²) in [6.45, 7) is 2.98. The molecule has 138 valence electrons. The summed E-state index contributed by atoms with van der Waals surface area (Å²) in [5.74, 6) is -0.378. The minimum absolute atomic E-state index is 0.0740. The van der Waals surface area contributed by atoms with Gasteiger partial charge in [-0.3, -0.25) is 19.5 Å². The number of carbonyl (C=O) groups excluding carboxylic acids is 2. The van der Waals surface area contributed by atoms with Crippen molar-refractivity contribution < 1.29 is 9.59 Å². The van der Waals surface area contributed by atoms with Crippen LogP contribution in [-0.4, -0.2) is 51.0 Å². The fourth-order valence-electron chi connectivity index (χ4n) is 3.16. The zero-order chi connectivity index (χ0) is 18.5. The van der Waals surface area contributed by atoms with E-state index < -0.39 is 11.3 Å². The van der Waals surface area contributed by atoms with Crippen LogP contribution in [0.4, 0.5) is 0 Å². The molecule has 1 fully saturated rings. The average Bonchev–Trinajstić information content (AvgIpc) is 2.99. The number of hydrogen-bond donors (Lipinski definition) is 3. The predicted octanol–water partition coefficient (Wildman–Crippen LogP) is 0.760. The third kappa shape index (κ3) is 4.38. The standard InChI is InChI=1S/C18H23N5O3/c1-12-9-15(24)17(22-21-12)18(26)20-14-3-2-7-23(8-5-14)16(25)10-13-4-6-19-11-13/h4,6,9,11,14,19H,2-3,5,7-8,10H2,1H3,(H,20,26)(H,21,24). The lowest BCUT2D eigenvalue weighted by Gasteiger charge is -2.20. The average molecular weight is 357 g/mol. The van der Waals surface area contributed by atoms with E-state index in [1.54, 1.807) is 13.1 Å². The molecule has 0 aliphatic carbocycles. The molecule has 2 amide bonds. The largest absolute Gasteiger partial charge is 0.367 e. The lowest BCUT2D eigenvalue weighted by Crippen LogP contribution is -2.39. The zero-order valence-electron chi connectivity index (χ0n) is 14.7. The molecule has 1 aliphatic rings. The van der Waals surface area contributed by atoms with Gasteiger partial charge in [-0.2, -0.15) is 5.10 Å². The molecule has 3 heterocycles. The number of aryl methyl sites for hydroxylation is 1. The van der Waals surface area contributed by atoms with Gasteiger partial charge >= 0.3 is 0 Å². The SMILES string of the molecule is Cc1cc(=O)c(C(=O)NC2CCCN(C(=O)Cc3cc[nH]c3)CC2)n[nH]1. The molecule has 1 saturated heterocycles. The van der Waals surface area contributed by atoms with Gasteiger partial charge in [0.2, 0.25) is 11.3 Å². The molecule has 3 N–H and O–H groups in total. The minimum Gasteiger partial charge on any atom is -0.367 e. The Morgan fingerprint density at radius 2 is 2.19 bits per heavy atom. The molecule has 0 aromatic carbocycles. The Hall–Kier alpha value is -2.90. The van der Waals surface area contributed by atoms with Gasteiger partial charge in [-0.1, -0.05) is 0 Å². The van der Waals surface area contributed by atoms with Crippen molar-refractivity contribution in [2.24, 2.45) is 0 Å². The van der Waals surface area contributed by atoms with Crippen LogP contribution in [0, 0.1) is 6.92 Å². The third-order valence-corrected chi connectivity index (χ3v) is 4.57. The minimum atomic E-state index is -0.469. The van der Waals surface area contributed by atoms with Crippen LogP contribution in [0.1, 0.15) is 41.0 Å². The first kappa shape index (κ1) is 17.9. The molecule has 26 heavy (non-hydrogen) atoms. The number of carbonyl (C=O) groups is 2. The maximum Gasteiger partial charge on any atom is 0.276 e. The van der Waals surface area contributed by atoms with Crippen molar-refractivity contribution in [3.05, 3.63) is 51.7 Å². The van der Waals surface area contributed by atoms with Gasteiger partial charge in [0.25, 0.3) is 5.91 Å². The van der Waals surface area contributed by atoms with Crippen molar-refractivity contribution in [2.45, 2.75) is 38.6 Å². The maximum atomic E-state index is 12.4. The molecule has 8 nitrogen and oxygen atoms in total. The van der Waals surface area contributed by atoms with Gasteiger partial charge in [0.05, 0.1) is 6.42 Å². The van der Waals surface area contributed by atoms with Gasteiger partial charge in [-0.05, 0) is 37.8 Å². The first-order valence-electron chi connectivity index (χ1n) is 8.79. The van der Waals surface area contributed by atoms with Gasteiger partial charge in [0.1, 0.15) is 0 Å². The summed E-state index contributed by atoms with van der Waals surface area (Å²) in [4.78, 5) is 41.4. The quantitative estimate of drug-likeness (QED) is 0.750. The molecule has 0 bridgehead atoms. The number of nitrogens with zero attached hydrogens (tertiary/aromatic N) is 2. The maximum absolute atomic E-state index is 12.4. The summed E-state index contributed by atoms with van der Waals surface area (Å²) in [7, 11) is 0. The van der Waals surface area contributed by atoms with Gasteiger partial charge in [-0.25, -0.2) is 0 Å². The second-order valence-electron chi connectivity index (χ2n) is 6.64. The van der Waals surface area contributed by atoms with E-state index in [0.717, 1.165) is 18.4 Å². The van der Waals surface area contributed by atoms with Gasteiger partial charge in [0, 0.05) is 43.3 Å². The zero-order valence-corrected chi connectivity index (χ0v) is 14.7. The Labute approximate surface area is 151 Å². The molecule has 0 saturated carbocycles. The van der Waals surface area contributed by atoms with Crippen LogP contribution >= 0.6 is 0 Å². The van der Waals surface area contributed by atoms with E-state index in [4.69, 9.17) is 0 Å². The number of aromatic amines is 2. The van der Waals surface area contributed by atoms with Crippen molar-refractivity contribution >= 4 is 11.8 Å². The number of likely N-dealkylation sites (tertiary alicyclic amines) is 1. The highest BCUT2D eigenvalue weighted by molar-refractivity contribution is 5.92. The van der Waals surface area contributed by atoms with Crippen LogP contribution in [0.5, 0.6) is 0 Å². The van der Waals surface area contributed by atoms with Crippen LogP contribution in [0.25, 0.3) is 0 Å². The first-order valence-corrected chi connectivity index (χ1v) is 8.79. The van der Waals surface area contributed by atoms with E-state index in [1.165, 1.54) is 6.07 Å². The van der Waals surface area contributed by atoms with E-state index in [1.807, 2.05) is 17.2 Å². The van der Waals surface area contributed by atoms with Gasteiger partial charge in [-0.15, -0.1) is 0 Å². The number of H-pyrrole nitrogens is 2. The lowest BCUT2D eigenvalue weighted by molar-refractivity contribution is -0.130. The van der Waals surface area contributed by atoms with Crippen LogP contribution in [0.2, 0.25) is 0 Å². The van der Waals surface area contributed by atoms with Crippen LogP contribution in [0.15, 0.2) is 29.3 Å². The Balaban J connectivity index is 1.55. The number of aromatic nitrogens is 3.